The van der Waals surface area contributed by atoms with E-state index in [0.29, 0.717) is 6.04 Å². The first kappa shape index (κ1) is 13.1. The molecule has 0 aliphatic heterocycles. The molecule has 1 unspecified atom stereocenters. The summed E-state index contributed by atoms with van der Waals surface area (Å²) in [4.78, 5) is 3.98. The lowest BCUT2D eigenvalue weighted by Crippen LogP contribution is -2.34. The lowest BCUT2D eigenvalue weighted by molar-refractivity contribution is 0.248. The Morgan fingerprint density at radius 2 is 2.35 bits per heavy atom. The highest BCUT2D eigenvalue weighted by atomic mass is 32.1. The van der Waals surface area contributed by atoms with Crippen LogP contribution in [0.15, 0.2) is 17.5 Å². The maximum atomic E-state index is 3.59. The van der Waals surface area contributed by atoms with Gasteiger partial charge in [-0.15, -0.1) is 11.3 Å². The summed E-state index contributed by atoms with van der Waals surface area (Å²) in [5, 5.41) is 5.75. The first-order chi connectivity index (χ1) is 8.25. The lowest BCUT2D eigenvalue weighted by atomic mass is 10.2. The van der Waals surface area contributed by atoms with E-state index in [1.54, 1.807) is 0 Å². The van der Waals surface area contributed by atoms with Crippen molar-refractivity contribution in [3.05, 3.63) is 22.4 Å². The topological polar surface area (TPSA) is 15.3 Å². The molecule has 2 rings (SSSR count). The van der Waals surface area contributed by atoms with E-state index in [4.69, 9.17) is 0 Å². The molecule has 1 N–H and O–H groups in total. The smallest absolute Gasteiger partial charge is 0.00761 e. The lowest BCUT2D eigenvalue weighted by Gasteiger charge is -2.24. The normalized spacial score (nSPS) is 17.6. The Morgan fingerprint density at radius 3 is 3.00 bits per heavy atom. The zero-order valence-corrected chi connectivity index (χ0v) is 11.8. The molecule has 96 valence electrons. The van der Waals surface area contributed by atoms with Gasteiger partial charge < -0.3 is 10.2 Å². The highest BCUT2D eigenvalue weighted by molar-refractivity contribution is 7.09. The molecule has 17 heavy (non-hydrogen) atoms. The van der Waals surface area contributed by atoms with Gasteiger partial charge in [0.25, 0.3) is 0 Å². The largest absolute Gasteiger partial charge is 0.314 e. The van der Waals surface area contributed by atoms with E-state index in [9.17, 15) is 0 Å². The van der Waals surface area contributed by atoms with E-state index in [2.05, 4.69) is 41.7 Å². The summed E-state index contributed by atoms with van der Waals surface area (Å²) in [5.74, 6) is 0. The van der Waals surface area contributed by atoms with Crippen molar-refractivity contribution in [1.29, 1.82) is 0 Å². The first-order valence-corrected chi connectivity index (χ1v) is 7.59. The molecule has 0 spiro atoms. The summed E-state index contributed by atoms with van der Waals surface area (Å²) in [6, 6.07) is 5.90. The fraction of sp³-hybridized carbons (Fsp3) is 0.714. The van der Waals surface area contributed by atoms with Gasteiger partial charge in [-0.1, -0.05) is 6.07 Å². The minimum absolute atomic E-state index is 0.682. The van der Waals surface area contributed by atoms with Crippen LogP contribution in [0.25, 0.3) is 0 Å². The van der Waals surface area contributed by atoms with Gasteiger partial charge in [0.15, 0.2) is 0 Å². The third kappa shape index (κ3) is 4.78. The summed E-state index contributed by atoms with van der Waals surface area (Å²) in [7, 11) is 2.25. The van der Waals surface area contributed by atoms with Crippen molar-refractivity contribution in [2.45, 2.75) is 44.7 Å². The standard InChI is InChI=1S/C14H24N2S/c1-12(7-9-15-13-5-6-13)16(2)10-8-14-4-3-11-17-14/h3-4,11-13,15H,5-10H2,1-2H3. The molecule has 1 aromatic heterocycles. The van der Waals surface area contributed by atoms with E-state index in [1.165, 1.54) is 43.6 Å². The fourth-order valence-electron chi connectivity index (χ4n) is 1.97. The molecule has 1 atom stereocenters. The highest BCUT2D eigenvalue weighted by Gasteiger charge is 2.20. The predicted octanol–water partition coefficient (Wildman–Crippen LogP) is 2.75. The highest BCUT2D eigenvalue weighted by Crippen LogP contribution is 2.18. The molecule has 1 aliphatic rings. The van der Waals surface area contributed by atoms with Gasteiger partial charge in [0.1, 0.15) is 0 Å². The molecule has 1 aliphatic carbocycles. The van der Waals surface area contributed by atoms with Gasteiger partial charge in [-0.25, -0.2) is 0 Å². The van der Waals surface area contributed by atoms with Crippen LogP contribution in [0.1, 0.15) is 31.1 Å². The number of hydrogen-bond acceptors (Lipinski definition) is 3. The van der Waals surface area contributed by atoms with Crippen LogP contribution < -0.4 is 5.32 Å². The SMILES string of the molecule is CC(CCNC1CC1)N(C)CCc1cccs1. The average molecular weight is 252 g/mol. The minimum atomic E-state index is 0.682. The molecule has 1 saturated carbocycles. The Balaban J connectivity index is 1.58. The summed E-state index contributed by atoms with van der Waals surface area (Å²) in [6.07, 6.45) is 5.23. The maximum absolute atomic E-state index is 3.59. The predicted molar refractivity (Wildman–Crippen MR) is 75.8 cm³/mol. The Morgan fingerprint density at radius 1 is 1.53 bits per heavy atom. The van der Waals surface area contributed by atoms with E-state index in [-0.39, 0.29) is 0 Å². The van der Waals surface area contributed by atoms with Gasteiger partial charge in [0.2, 0.25) is 0 Å². The molecule has 0 amide bonds. The Labute approximate surface area is 109 Å². The van der Waals surface area contributed by atoms with Crippen LogP contribution in [0.2, 0.25) is 0 Å². The number of hydrogen-bond donors (Lipinski definition) is 1. The third-order valence-corrected chi connectivity index (χ3v) is 4.55. The summed E-state index contributed by atoms with van der Waals surface area (Å²) < 4.78 is 0. The average Bonchev–Trinajstić information content (AvgIpc) is 3.00. The quantitative estimate of drug-likeness (QED) is 0.765. The van der Waals surface area contributed by atoms with Crippen LogP contribution in [-0.4, -0.2) is 37.1 Å². The van der Waals surface area contributed by atoms with Gasteiger partial charge in [0, 0.05) is 23.5 Å². The monoisotopic (exact) mass is 252 g/mol. The van der Waals surface area contributed by atoms with Crippen molar-refractivity contribution in [3.63, 3.8) is 0 Å². The number of thiophene rings is 1. The van der Waals surface area contributed by atoms with Gasteiger partial charge >= 0.3 is 0 Å². The van der Waals surface area contributed by atoms with Gasteiger partial charge in [0.05, 0.1) is 0 Å². The molecule has 2 nitrogen and oxygen atoms in total. The van der Waals surface area contributed by atoms with Gasteiger partial charge in [-0.2, -0.15) is 0 Å². The fourth-order valence-corrected chi connectivity index (χ4v) is 2.66. The molecule has 0 saturated heterocycles. The van der Waals surface area contributed by atoms with E-state index < -0.39 is 0 Å². The molecule has 1 heterocycles. The van der Waals surface area contributed by atoms with Crippen LogP contribution >= 0.6 is 11.3 Å². The van der Waals surface area contributed by atoms with Crippen LogP contribution in [0.4, 0.5) is 0 Å². The summed E-state index contributed by atoms with van der Waals surface area (Å²) in [5.41, 5.74) is 0. The van der Waals surface area contributed by atoms with Crippen LogP contribution in [0, 0.1) is 0 Å². The second kappa shape index (κ2) is 6.53. The molecular formula is C14H24N2S. The van der Waals surface area contributed by atoms with Crippen molar-refractivity contribution >= 4 is 11.3 Å². The molecule has 1 aromatic rings. The third-order valence-electron chi connectivity index (χ3n) is 3.62. The Bertz CT molecular complexity index is 306. The van der Waals surface area contributed by atoms with Gasteiger partial charge in [-0.05, 0) is 57.6 Å². The van der Waals surface area contributed by atoms with Crippen molar-refractivity contribution in [2.24, 2.45) is 0 Å². The maximum Gasteiger partial charge on any atom is 0.00761 e. The molecule has 0 radical (unpaired) electrons. The second-order valence-corrected chi connectivity index (χ2v) is 6.21. The first-order valence-electron chi connectivity index (χ1n) is 6.71. The van der Waals surface area contributed by atoms with Crippen molar-refractivity contribution in [1.82, 2.24) is 10.2 Å². The van der Waals surface area contributed by atoms with E-state index >= 15 is 0 Å². The number of nitrogens with one attached hydrogen (secondary N) is 1. The van der Waals surface area contributed by atoms with Crippen LogP contribution in [0.5, 0.6) is 0 Å². The van der Waals surface area contributed by atoms with Crippen LogP contribution in [-0.2, 0) is 6.42 Å². The number of likely N-dealkylation sites (N-methyl/N-ethyl adjacent to an activating group) is 1. The molecule has 3 heteroatoms. The summed E-state index contributed by atoms with van der Waals surface area (Å²) in [6.45, 7) is 4.68. The number of rotatable bonds is 8. The van der Waals surface area contributed by atoms with Crippen molar-refractivity contribution in [3.8, 4) is 0 Å². The Hall–Kier alpha value is -0.380. The van der Waals surface area contributed by atoms with Crippen molar-refractivity contribution in [2.75, 3.05) is 20.1 Å². The van der Waals surface area contributed by atoms with E-state index in [1.807, 2.05) is 11.3 Å². The van der Waals surface area contributed by atoms with Crippen LogP contribution in [0.3, 0.4) is 0 Å². The minimum Gasteiger partial charge on any atom is -0.314 e. The molecular weight excluding hydrogens is 228 g/mol. The second-order valence-electron chi connectivity index (χ2n) is 5.18. The number of nitrogens with zero attached hydrogens (tertiary/aromatic N) is 1. The zero-order chi connectivity index (χ0) is 12.1. The van der Waals surface area contributed by atoms with Gasteiger partial charge in [-0.3, -0.25) is 0 Å². The molecule has 0 bridgehead atoms. The zero-order valence-electron chi connectivity index (χ0n) is 11.0. The van der Waals surface area contributed by atoms with E-state index in [0.717, 1.165) is 6.04 Å². The molecule has 1 fully saturated rings. The van der Waals surface area contributed by atoms with Crippen molar-refractivity contribution < 1.29 is 0 Å². The summed E-state index contributed by atoms with van der Waals surface area (Å²) >= 11 is 1.87. The molecule has 0 aromatic carbocycles. The Kier molecular flexibility index (Phi) is 5.01.